The highest BCUT2D eigenvalue weighted by Crippen LogP contribution is 2.22. The van der Waals surface area contributed by atoms with Gasteiger partial charge in [0.25, 0.3) is 0 Å². The Kier molecular flexibility index (Phi) is 3.69. The van der Waals surface area contributed by atoms with Crippen molar-refractivity contribution in [3.8, 4) is 0 Å². The van der Waals surface area contributed by atoms with Crippen LogP contribution in [0, 0.1) is 6.92 Å². The molecule has 88 valence electrons. The molecule has 1 aromatic carbocycles. The van der Waals surface area contributed by atoms with E-state index in [1.807, 2.05) is 17.6 Å². The van der Waals surface area contributed by atoms with Gasteiger partial charge in [0.2, 0.25) is 0 Å². The summed E-state index contributed by atoms with van der Waals surface area (Å²) in [5, 5.41) is 5.03. The van der Waals surface area contributed by atoms with Crippen LogP contribution in [0.5, 0.6) is 0 Å². The summed E-state index contributed by atoms with van der Waals surface area (Å²) in [5.74, 6) is 0.158. The van der Waals surface area contributed by atoms with Gasteiger partial charge in [-0.1, -0.05) is 47.7 Å². The number of Topliss-reactive ketones (excluding diaryl/α,β-unsaturated/α-hetero) is 1. The minimum Gasteiger partial charge on any atom is -0.366 e. The van der Waals surface area contributed by atoms with E-state index in [9.17, 15) is 4.79 Å². The van der Waals surface area contributed by atoms with E-state index < -0.39 is 0 Å². The number of aryl methyl sites for hydroxylation is 1. The predicted molar refractivity (Wildman–Crippen MR) is 73.5 cm³/mol. The van der Waals surface area contributed by atoms with Gasteiger partial charge in [0.05, 0.1) is 0 Å². The molecular formula is C14H15NOS. The van der Waals surface area contributed by atoms with Crippen molar-refractivity contribution in [3.63, 3.8) is 0 Å². The monoisotopic (exact) mass is 245 g/mol. The fourth-order valence-corrected chi connectivity index (χ4v) is 2.43. The van der Waals surface area contributed by atoms with Crippen molar-refractivity contribution in [2.24, 2.45) is 0 Å². The maximum Gasteiger partial charge on any atom is 0.162 e. The largest absolute Gasteiger partial charge is 0.366 e. The Morgan fingerprint density at radius 2 is 2.24 bits per heavy atom. The van der Waals surface area contributed by atoms with E-state index >= 15 is 0 Å². The molecule has 0 saturated heterocycles. The van der Waals surface area contributed by atoms with E-state index in [4.69, 9.17) is 0 Å². The third-order valence-electron chi connectivity index (χ3n) is 2.50. The van der Waals surface area contributed by atoms with Gasteiger partial charge < -0.3 is 5.32 Å². The van der Waals surface area contributed by atoms with Crippen LogP contribution in [0.25, 0.3) is 6.08 Å². The lowest BCUT2D eigenvalue weighted by molar-refractivity contribution is -0.116. The van der Waals surface area contributed by atoms with Gasteiger partial charge >= 0.3 is 0 Å². The number of nitrogens with one attached hydrogen (secondary N) is 1. The van der Waals surface area contributed by atoms with Crippen LogP contribution in [0.4, 0.5) is 0 Å². The Balaban J connectivity index is 2.01. The molecule has 0 aliphatic carbocycles. The van der Waals surface area contributed by atoms with Crippen LogP contribution in [0.15, 0.2) is 41.4 Å². The number of allylic oxidation sites excluding steroid dienone is 1. The number of carbonyl (C=O) groups is 1. The summed E-state index contributed by atoms with van der Waals surface area (Å²) in [6.07, 6.45) is 4.06. The lowest BCUT2D eigenvalue weighted by Gasteiger charge is -2.06. The number of carbonyl (C=O) groups excluding carboxylic acids is 1. The average molecular weight is 245 g/mol. The zero-order valence-corrected chi connectivity index (χ0v) is 10.8. The Hall–Kier alpha value is -1.48. The highest BCUT2D eigenvalue weighted by molar-refractivity contribution is 8.03. The van der Waals surface area contributed by atoms with E-state index in [2.05, 4.69) is 36.5 Å². The molecule has 1 aliphatic rings. The van der Waals surface area contributed by atoms with Gasteiger partial charge in [-0.15, -0.1) is 0 Å². The topological polar surface area (TPSA) is 29.1 Å². The summed E-state index contributed by atoms with van der Waals surface area (Å²) in [5.41, 5.74) is 3.41. The minimum absolute atomic E-state index is 0.118. The van der Waals surface area contributed by atoms with E-state index in [1.54, 1.807) is 6.92 Å². The summed E-state index contributed by atoms with van der Waals surface area (Å²) in [4.78, 5) is 11.2. The Morgan fingerprint density at radius 3 is 2.88 bits per heavy atom. The molecular weight excluding hydrogens is 230 g/mol. The SMILES string of the molecule is CC(=O)C1NC(/C=C/c2cccc(C)c2)=CS1. The van der Waals surface area contributed by atoms with Crippen molar-refractivity contribution >= 4 is 23.6 Å². The minimum atomic E-state index is -0.118. The molecule has 1 N–H and O–H groups in total. The van der Waals surface area contributed by atoms with Crippen molar-refractivity contribution in [1.29, 1.82) is 0 Å². The molecule has 0 bridgehead atoms. The third-order valence-corrected chi connectivity index (χ3v) is 3.61. The fraction of sp³-hybridized carbons (Fsp3) is 0.214. The zero-order chi connectivity index (χ0) is 12.3. The summed E-state index contributed by atoms with van der Waals surface area (Å²) < 4.78 is 0. The normalized spacial score (nSPS) is 19.2. The molecule has 0 fully saturated rings. The standard InChI is InChI=1S/C14H15NOS/c1-10-4-3-5-12(8-10)6-7-13-9-17-14(15-13)11(2)16/h3-9,14-15H,1-2H3/b7-6+. The number of hydrogen-bond acceptors (Lipinski definition) is 3. The molecule has 1 unspecified atom stereocenters. The second-order valence-electron chi connectivity index (χ2n) is 4.09. The molecule has 0 radical (unpaired) electrons. The first kappa shape index (κ1) is 12.0. The maximum atomic E-state index is 11.2. The van der Waals surface area contributed by atoms with Gasteiger partial charge in [0.1, 0.15) is 5.37 Å². The fourth-order valence-electron chi connectivity index (χ4n) is 1.61. The molecule has 2 nitrogen and oxygen atoms in total. The summed E-state index contributed by atoms with van der Waals surface area (Å²) in [7, 11) is 0. The second-order valence-corrected chi connectivity index (χ2v) is 5.07. The lowest BCUT2D eigenvalue weighted by atomic mass is 10.1. The lowest BCUT2D eigenvalue weighted by Crippen LogP contribution is -2.26. The van der Waals surface area contributed by atoms with Crippen molar-refractivity contribution in [1.82, 2.24) is 5.32 Å². The van der Waals surface area contributed by atoms with Crippen LogP contribution < -0.4 is 5.32 Å². The van der Waals surface area contributed by atoms with Gasteiger partial charge in [-0.25, -0.2) is 0 Å². The van der Waals surface area contributed by atoms with E-state index in [-0.39, 0.29) is 11.2 Å². The zero-order valence-electron chi connectivity index (χ0n) is 9.94. The van der Waals surface area contributed by atoms with Gasteiger partial charge in [-0.2, -0.15) is 0 Å². The van der Waals surface area contributed by atoms with E-state index in [0.29, 0.717) is 0 Å². The maximum absolute atomic E-state index is 11.2. The summed E-state index contributed by atoms with van der Waals surface area (Å²) in [6, 6.07) is 8.31. The van der Waals surface area contributed by atoms with Crippen molar-refractivity contribution in [2.45, 2.75) is 19.2 Å². The van der Waals surface area contributed by atoms with Gasteiger partial charge in [0, 0.05) is 5.70 Å². The van der Waals surface area contributed by atoms with Crippen molar-refractivity contribution in [2.75, 3.05) is 0 Å². The summed E-state index contributed by atoms with van der Waals surface area (Å²) >= 11 is 1.52. The highest BCUT2D eigenvalue weighted by atomic mass is 32.2. The number of ketones is 1. The molecule has 0 aromatic heterocycles. The number of benzene rings is 1. The molecule has 3 heteroatoms. The van der Waals surface area contributed by atoms with Gasteiger partial charge in [-0.05, 0) is 30.9 Å². The van der Waals surface area contributed by atoms with Crippen LogP contribution in [0.3, 0.4) is 0 Å². The molecule has 1 aromatic rings. The second kappa shape index (κ2) is 5.23. The first-order valence-electron chi connectivity index (χ1n) is 5.52. The van der Waals surface area contributed by atoms with E-state index in [1.165, 1.54) is 22.9 Å². The molecule has 0 spiro atoms. The smallest absolute Gasteiger partial charge is 0.162 e. The van der Waals surface area contributed by atoms with Crippen LogP contribution in [-0.2, 0) is 4.79 Å². The molecule has 17 heavy (non-hydrogen) atoms. The average Bonchev–Trinajstić information content (AvgIpc) is 2.75. The van der Waals surface area contributed by atoms with Gasteiger partial charge in [-0.3, -0.25) is 4.79 Å². The Labute approximate surface area is 106 Å². The van der Waals surface area contributed by atoms with E-state index in [0.717, 1.165) is 5.70 Å². The number of hydrogen-bond donors (Lipinski definition) is 1. The van der Waals surface area contributed by atoms with Crippen LogP contribution in [0.1, 0.15) is 18.1 Å². The Bertz CT molecular complexity index is 491. The summed E-state index contributed by atoms with van der Waals surface area (Å²) in [6.45, 7) is 3.68. The molecule has 0 amide bonds. The predicted octanol–water partition coefficient (Wildman–Crippen LogP) is 3.10. The highest BCUT2D eigenvalue weighted by Gasteiger charge is 2.18. The van der Waals surface area contributed by atoms with Crippen LogP contribution in [0.2, 0.25) is 0 Å². The third kappa shape index (κ3) is 3.24. The van der Waals surface area contributed by atoms with Crippen LogP contribution in [-0.4, -0.2) is 11.2 Å². The van der Waals surface area contributed by atoms with Crippen LogP contribution >= 0.6 is 11.8 Å². The number of rotatable bonds is 3. The first-order chi connectivity index (χ1) is 8.15. The molecule has 2 rings (SSSR count). The van der Waals surface area contributed by atoms with Crippen molar-refractivity contribution < 1.29 is 4.79 Å². The molecule has 1 atom stereocenters. The molecule has 0 saturated carbocycles. The van der Waals surface area contributed by atoms with Gasteiger partial charge in [0.15, 0.2) is 5.78 Å². The molecule has 1 aliphatic heterocycles. The first-order valence-corrected chi connectivity index (χ1v) is 6.47. The Morgan fingerprint density at radius 1 is 1.41 bits per heavy atom. The quantitative estimate of drug-likeness (QED) is 0.887. The van der Waals surface area contributed by atoms with Crippen molar-refractivity contribution in [3.05, 3.63) is 52.6 Å². The molecule has 1 heterocycles. The number of thioether (sulfide) groups is 1.